The summed E-state index contributed by atoms with van der Waals surface area (Å²) in [4.78, 5) is 25.5. The fraction of sp³-hybridized carbons (Fsp3) is 0.444. The lowest BCUT2D eigenvalue weighted by Crippen LogP contribution is -2.37. The minimum Gasteiger partial charge on any atom is -0.462 e. The van der Waals surface area contributed by atoms with Crippen LogP contribution in [0.5, 0.6) is 0 Å². The van der Waals surface area contributed by atoms with Gasteiger partial charge in [0.1, 0.15) is 11.7 Å². The fourth-order valence-electron chi connectivity index (χ4n) is 3.23. The first-order valence-corrected chi connectivity index (χ1v) is 8.33. The predicted molar refractivity (Wildman–Crippen MR) is 91.4 cm³/mol. The predicted octanol–water partition coefficient (Wildman–Crippen LogP) is 1.86. The van der Waals surface area contributed by atoms with Gasteiger partial charge in [-0.05, 0) is 26.0 Å². The standard InChI is InChI=1S/C18H22N2O4/c1-3-20-13-8-6-5-7-12(13)17(21)15(18(22)23-4-2)16(20)14-11-19-9-10-24-14/h5-8,14,19H,3-4,9-11H2,1-2H3. The minimum atomic E-state index is -0.584. The molecule has 128 valence electrons. The summed E-state index contributed by atoms with van der Waals surface area (Å²) in [6, 6.07) is 7.34. The number of aromatic nitrogens is 1. The van der Waals surface area contributed by atoms with E-state index in [0.717, 1.165) is 12.1 Å². The molecular formula is C18H22N2O4. The number of pyridine rings is 1. The molecule has 1 atom stereocenters. The van der Waals surface area contributed by atoms with Crippen LogP contribution in [-0.2, 0) is 16.0 Å². The zero-order chi connectivity index (χ0) is 17.1. The van der Waals surface area contributed by atoms with E-state index < -0.39 is 5.97 Å². The molecule has 0 radical (unpaired) electrons. The topological polar surface area (TPSA) is 69.6 Å². The van der Waals surface area contributed by atoms with Crippen LogP contribution in [0.15, 0.2) is 29.1 Å². The van der Waals surface area contributed by atoms with E-state index >= 15 is 0 Å². The first kappa shape index (κ1) is 16.7. The van der Waals surface area contributed by atoms with Gasteiger partial charge in [0.15, 0.2) is 0 Å². The average molecular weight is 330 g/mol. The zero-order valence-corrected chi connectivity index (χ0v) is 14.0. The monoisotopic (exact) mass is 330 g/mol. The molecule has 6 nitrogen and oxygen atoms in total. The first-order chi connectivity index (χ1) is 11.7. The highest BCUT2D eigenvalue weighted by Crippen LogP contribution is 2.26. The van der Waals surface area contributed by atoms with Crippen LogP contribution >= 0.6 is 0 Å². The number of aryl methyl sites for hydroxylation is 1. The highest BCUT2D eigenvalue weighted by Gasteiger charge is 2.29. The van der Waals surface area contributed by atoms with Crippen molar-refractivity contribution in [1.29, 1.82) is 0 Å². The number of rotatable bonds is 4. The van der Waals surface area contributed by atoms with Crippen LogP contribution < -0.4 is 10.7 Å². The Morgan fingerprint density at radius 3 is 2.83 bits per heavy atom. The van der Waals surface area contributed by atoms with Crippen molar-refractivity contribution in [2.24, 2.45) is 0 Å². The molecule has 0 amide bonds. The molecule has 2 heterocycles. The largest absolute Gasteiger partial charge is 0.462 e. The second kappa shape index (κ2) is 7.15. The number of esters is 1. The van der Waals surface area contributed by atoms with Crippen molar-refractivity contribution in [2.45, 2.75) is 26.5 Å². The number of para-hydroxylation sites is 1. The summed E-state index contributed by atoms with van der Waals surface area (Å²) in [5.41, 5.74) is 1.21. The third-order valence-electron chi connectivity index (χ3n) is 4.24. The highest BCUT2D eigenvalue weighted by molar-refractivity contribution is 5.95. The van der Waals surface area contributed by atoms with Gasteiger partial charge in [-0.25, -0.2) is 4.79 Å². The van der Waals surface area contributed by atoms with Crippen LogP contribution in [-0.4, -0.2) is 36.8 Å². The summed E-state index contributed by atoms with van der Waals surface area (Å²) in [7, 11) is 0. The molecule has 24 heavy (non-hydrogen) atoms. The Labute approximate surface area is 140 Å². The van der Waals surface area contributed by atoms with Gasteiger partial charge in [-0.15, -0.1) is 0 Å². The third kappa shape index (κ3) is 2.83. The number of nitrogens with zero attached hydrogens (tertiary/aromatic N) is 1. The molecule has 1 aliphatic rings. The Bertz CT molecular complexity index is 807. The van der Waals surface area contributed by atoms with Gasteiger partial charge in [0.2, 0.25) is 5.43 Å². The second-order valence-electron chi connectivity index (χ2n) is 5.63. The molecule has 0 spiro atoms. The van der Waals surface area contributed by atoms with Crippen LogP contribution in [0.2, 0.25) is 0 Å². The summed E-state index contributed by atoms with van der Waals surface area (Å²) in [6.45, 7) is 6.43. The molecule has 6 heteroatoms. The Hall–Kier alpha value is -2.18. The first-order valence-electron chi connectivity index (χ1n) is 8.33. The van der Waals surface area contributed by atoms with E-state index in [2.05, 4.69) is 5.32 Å². The number of carbonyl (C=O) groups excluding carboxylic acids is 1. The summed E-state index contributed by atoms with van der Waals surface area (Å²) >= 11 is 0. The SMILES string of the molecule is CCOC(=O)c1c(C2CNCCO2)n(CC)c2ccccc2c1=O. The summed E-state index contributed by atoms with van der Waals surface area (Å²) < 4.78 is 13.0. The van der Waals surface area contributed by atoms with E-state index in [9.17, 15) is 9.59 Å². The fourth-order valence-corrected chi connectivity index (χ4v) is 3.23. The average Bonchev–Trinajstić information content (AvgIpc) is 2.62. The maximum Gasteiger partial charge on any atom is 0.344 e. The number of morpholine rings is 1. The van der Waals surface area contributed by atoms with Gasteiger partial charge in [-0.2, -0.15) is 0 Å². The molecule has 1 aromatic heterocycles. The van der Waals surface area contributed by atoms with Crippen molar-refractivity contribution >= 4 is 16.9 Å². The summed E-state index contributed by atoms with van der Waals surface area (Å²) in [5.74, 6) is -0.584. The summed E-state index contributed by atoms with van der Waals surface area (Å²) in [5, 5.41) is 3.78. The second-order valence-corrected chi connectivity index (χ2v) is 5.63. The van der Waals surface area contributed by atoms with Crippen molar-refractivity contribution in [3.63, 3.8) is 0 Å². The molecule has 1 aromatic carbocycles. The van der Waals surface area contributed by atoms with Crippen LogP contribution in [0.4, 0.5) is 0 Å². The van der Waals surface area contributed by atoms with E-state index in [4.69, 9.17) is 9.47 Å². The normalized spacial score (nSPS) is 17.8. The molecule has 0 bridgehead atoms. The molecule has 0 aliphatic carbocycles. The molecule has 1 aliphatic heterocycles. The van der Waals surface area contributed by atoms with E-state index in [1.807, 2.05) is 23.6 Å². The quantitative estimate of drug-likeness (QED) is 0.867. The van der Waals surface area contributed by atoms with Crippen molar-refractivity contribution in [3.8, 4) is 0 Å². The van der Waals surface area contributed by atoms with Crippen molar-refractivity contribution in [1.82, 2.24) is 9.88 Å². The lowest BCUT2D eigenvalue weighted by Gasteiger charge is -2.28. The third-order valence-corrected chi connectivity index (χ3v) is 4.24. The van der Waals surface area contributed by atoms with Crippen molar-refractivity contribution < 1.29 is 14.3 Å². The molecule has 3 rings (SSSR count). The summed E-state index contributed by atoms with van der Waals surface area (Å²) in [6.07, 6.45) is -0.351. The Morgan fingerprint density at radius 2 is 2.17 bits per heavy atom. The van der Waals surface area contributed by atoms with Crippen LogP contribution in [0.1, 0.15) is 36.0 Å². The van der Waals surface area contributed by atoms with Gasteiger partial charge in [-0.3, -0.25) is 4.79 Å². The van der Waals surface area contributed by atoms with E-state index in [1.54, 1.807) is 19.1 Å². The van der Waals surface area contributed by atoms with Gasteiger partial charge in [0.25, 0.3) is 0 Å². The van der Waals surface area contributed by atoms with Crippen molar-refractivity contribution in [2.75, 3.05) is 26.3 Å². The number of fused-ring (bicyclic) bond motifs is 1. The zero-order valence-electron chi connectivity index (χ0n) is 14.0. The number of ether oxygens (including phenoxy) is 2. The number of nitrogens with one attached hydrogen (secondary N) is 1. The van der Waals surface area contributed by atoms with E-state index in [0.29, 0.717) is 30.8 Å². The Balaban J connectivity index is 2.33. The van der Waals surface area contributed by atoms with Crippen LogP contribution in [0, 0.1) is 0 Å². The van der Waals surface area contributed by atoms with Gasteiger partial charge < -0.3 is 19.4 Å². The smallest absolute Gasteiger partial charge is 0.344 e. The number of hydrogen-bond acceptors (Lipinski definition) is 5. The van der Waals surface area contributed by atoms with E-state index in [-0.39, 0.29) is 23.7 Å². The lowest BCUT2D eigenvalue weighted by atomic mass is 10.0. The Kier molecular flexibility index (Phi) is 4.97. The van der Waals surface area contributed by atoms with Gasteiger partial charge in [0, 0.05) is 25.0 Å². The van der Waals surface area contributed by atoms with Crippen molar-refractivity contribution in [3.05, 3.63) is 45.7 Å². The number of hydrogen-bond donors (Lipinski definition) is 1. The molecule has 1 saturated heterocycles. The molecule has 2 aromatic rings. The van der Waals surface area contributed by atoms with E-state index in [1.165, 1.54) is 0 Å². The van der Waals surface area contributed by atoms with Gasteiger partial charge >= 0.3 is 5.97 Å². The van der Waals surface area contributed by atoms with Gasteiger partial charge in [0.05, 0.1) is 24.4 Å². The van der Waals surface area contributed by atoms with Crippen LogP contribution in [0.3, 0.4) is 0 Å². The highest BCUT2D eigenvalue weighted by atomic mass is 16.5. The molecule has 0 saturated carbocycles. The molecular weight excluding hydrogens is 308 g/mol. The molecule has 1 fully saturated rings. The number of carbonyl (C=O) groups is 1. The van der Waals surface area contributed by atoms with Crippen LogP contribution in [0.25, 0.3) is 10.9 Å². The number of benzene rings is 1. The molecule has 1 unspecified atom stereocenters. The Morgan fingerprint density at radius 1 is 1.38 bits per heavy atom. The lowest BCUT2D eigenvalue weighted by molar-refractivity contribution is 0.0204. The molecule has 1 N–H and O–H groups in total. The maximum atomic E-state index is 13.0. The minimum absolute atomic E-state index is 0.0890. The maximum absolute atomic E-state index is 13.0. The van der Waals surface area contributed by atoms with Gasteiger partial charge in [-0.1, -0.05) is 12.1 Å².